The van der Waals surface area contributed by atoms with Crippen LogP contribution in [0.5, 0.6) is 0 Å². The van der Waals surface area contributed by atoms with E-state index in [1.807, 2.05) is 5.38 Å². The number of aromatic nitrogens is 1. The van der Waals surface area contributed by atoms with Crippen molar-refractivity contribution in [3.63, 3.8) is 0 Å². The van der Waals surface area contributed by atoms with Crippen molar-refractivity contribution in [1.29, 1.82) is 0 Å². The topological polar surface area (TPSA) is 36.4 Å². The van der Waals surface area contributed by atoms with Gasteiger partial charge >= 0.3 is 0 Å². The maximum Gasteiger partial charge on any atom is 0.230 e. The van der Waals surface area contributed by atoms with Crippen molar-refractivity contribution < 1.29 is 9.18 Å². The average molecular weight is 364 g/mol. The number of carbonyl (C=O) groups is 1. The van der Waals surface area contributed by atoms with Gasteiger partial charge in [-0.15, -0.1) is 11.3 Å². The number of benzene rings is 1. The summed E-state index contributed by atoms with van der Waals surface area (Å²) >= 11 is 1.42. The fourth-order valence-corrected chi connectivity index (χ4v) is 3.42. The van der Waals surface area contributed by atoms with E-state index < -0.39 is 0 Å². The Bertz CT molecular complexity index is 721. The fraction of sp³-hybridized carbons (Fsp3) is 0.474. The highest BCUT2D eigenvalue weighted by Crippen LogP contribution is 2.30. The van der Waals surface area contributed by atoms with Gasteiger partial charge in [-0.1, -0.05) is 20.8 Å². The molecule has 0 saturated carbocycles. The first-order valence-electron chi connectivity index (χ1n) is 8.30. The lowest BCUT2D eigenvalue weighted by atomic mass is 9.87. The van der Waals surface area contributed by atoms with Gasteiger partial charge in [-0.2, -0.15) is 0 Å². The number of carbonyl (C=O) groups excluding carboxylic acids is 1. The van der Waals surface area contributed by atoms with Crippen molar-refractivity contribution in [3.8, 4) is 0 Å². The number of halogens is 1. The highest BCUT2D eigenvalue weighted by molar-refractivity contribution is 7.14. The molecule has 0 aliphatic heterocycles. The van der Waals surface area contributed by atoms with Crippen LogP contribution in [0.15, 0.2) is 29.6 Å². The van der Waals surface area contributed by atoms with E-state index in [4.69, 9.17) is 0 Å². The first kappa shape index (κ1) is 19.5. The molecule has 25 heavy (non-hydrogen) atoms. The molecule has 1 amide bonds. The Morgan fingerprint density at radius 2 is 1.88 bits per heavy atom. The third kappa shape index (κ3) is 4.86. The van der Waals surface area contributed by atoms with Gasteiger partial charge in [0.1, 0.15) is 5.82 Å². The van der Waals surface area contributed by atoms with Gasteiger partial charge in [0.05, 0.1) is 11.4 Å². The Morgan fingerprint density at radius 1 is 1.28 bits per heavy atom. The summed E-state index contributed by atoms with van der Waals surface area (Å²) in [5.74, 6) is -0.478. The lowest BCUT2D eigenvalue weighted by molar-refractivity contribution is -0.115. The van der Waals surface area contributed by atoms with Gasteiger partial charge in [-0.25, -0.2) is 9.37 Å². The van der Waals surface area contributed by atoms with E-state index in [9.17, 15) is 9.18 Å². The van der Waals surface area contributed by atoms with Crippen molar-refractivity contribution in [2.45, 2.75) is 47.2 Å². The normalized spacial score (nSPS) is 13.1. The van der Waals surface area contributed by atoms with Crippen LogP contribution in [0.25, 0.3) is 0 Å². The molecule has 0 aliphatic rings. The Hall–Kier alpha value is -1.79. The van der Waals surface area contributed by atoms with Gasteiger partial charge in [-0.05, 0) is 43.7 Å². The zero-order valence-electron chi connectivity index (χ0n) is 15.7. The van der Waals surface area contributed by atoms with E-state index in [-0.39, 0.29) is 17.1 Å². The number of thiazole rings is 1. The predicted molar refractivity (Wildman–Crippen MR) is 102 cm³/mol. The molecule has 1 atom stereocenters. The van der Waals surface area contributed by atoms with Crippen LogP contribution >= 0.6 is 11.3 Å². The molecule has 2 rings (SSSR count). The largest absolute Gasteiger partial charge is 0.297 e. The Kier molecular flexibility index (Phi) is 5.95. The quantitative estimate of drug-likeness (QED) is 0.763. The maximum atomic E-state index is 13.2. The fourth-order valence-electron chi connectivity index (χ4n) is 2.54. The Balaban J connectivity index is 2.20. The summed E-state index contributed by atoms with van der Waals surface area (Å²) in [5, 5.41) is 2.58. The van der Waals surface area contributed by atoms with Gasteiger partial charge in [0.15, 0.2) is 5.13 Å². The molecule has 0 N–H and O–H groups in total. The number of hydrogen-bond donors (Lipinski definition) is 0. The minimum absolute atomic E-state index is 0.149. The second-order valence-electron chi connectivity index (χ2n) is 7.41. The molecule has 0 fully saturated rings. The van der Waals surface area contributed by atoms with Crippen molar-refractivity contribution in [2.24, 2.45) is 5.41 Å². The smallest absolute Gasteiger partial charge is 0.230 e. The van der Waals surface area contributed by atoms with E-state index in [1.54, 1.807) is 12.1 Å². The van der Waals surface area contributed by atoms with Crippen LogP contribution in [-0.2, 0) is 11.3 Å². The first-order valence-corrected chi connectivity index (χ1v) is 9.18. The molecule has 0 aliphatic carbocycles. The van der Waals surface area contributed by atoms with Crippen molar-refractivity contribution in [1.82, 2.24) is 9.88 Å². The minimum atomic E-state index is -0.329. The molecule has 0 unspecified atom stereocenters. The number of hydrogen-bond acceptors (Lipinski definition) is 4. The standard InChI is InChI=1S/C19H26FN3OS/c1-13(19(3,4)5)22(6)11-16-12-25-18(21-16)23(14(2)24)17-9-7-15(20)8-10-17/h7-10,12-13H,11H2,1-6H3/t13-/m1/s1. The predicted octanol–water partition coefficient (Wildman–Crippen LogP) is 4.83. The summed E-state index contributed by atoms with van der Waals surface area (Å²) in [4.78, 5) is 20.5. The molecule has 1 heterocycles. The number of rotatable bonds is 5. The molecule has 136 valence electrons. The summed E-state index contributed by atoms with van der Waals surface area (Å²) in [7, 11) is 2.08. The van der Waals surface area contributed by atoms with Crippen LogP contribution in [0, 0.1) is 11.2 Å². The van der Waals surface area contributed by atoms with E-state index in [0.717, 1.165) is 5.69 Å². The zero-order chi connectivity index (χ0) is 18.8. The van der Waals surface area contributed by atoms with Crippen molar-refractivity contribution >= 4 is 28.1 Å². The van der Waals surface area contributed by atoms with Gasteiger partial charge in [0.2, 0.25) is 5.91 Å². The van der Waals surface area contributed by atoms with E-state index in [1.165, 1.54) is 35.3 Å². The molecule has 2 aromatic rings. The first-order chi connectivity index (χ1) is 11.6. The molecule has 1 aromatic carbocycles. The highest BCUT2D eigenvalue weighted by Gasteiger charge is 2.25. The molecule has 0 spiro atoms. The van der Waals surface area contributed by atoms with Crippen LogP contribution in [-0.4, -0.2) is 28.9 Å². The monoisotopic (exact) mass is 363 g/mol. The summed E-state index contributed by atoms with van der Waals surface area (Å²) in [6.07, 6.45) is 0. The van der Waals surface area contributed by atoms with E-state index in [0.29, 0.717) is 23.4 Å². The molecule has 0 radical (unpaired) electrons. The number of amides is 1. The van der Waals surface area contributed by atoms with E-state index in [2.05, 4.69) is 44.6 Å². The van der Waals surface area contributed by atoms with Crippen LogP contribution in [0.2, 0.25) is 0 Å². The second-order valence-corrected chi connectivity index (χ2v) is 8.25. The van der Waals surface area contributed by atoms with Crippen LogP contribution in [0.4, 0.5) is 15.2 Å². The third-order valence-electron chi connectivity index (χ3n) is 4.46. The van der Waals surface area contributed by atoms with Crippen LogP contribution in [0.1, 0.15) is 40.3 Å². The van der Waals surface area contributed by atoms with E-state index >= 15 is 0 Å². The second kappa shape index (κ2) is 7.62. The van der Waals surface area contributed by atoms with Gasteiger partial charge in [0.25, 0.3) is 0 Å². The molecule has 0 saturated heterocycles. The number of anilines is 2. The SMILES string of the molecule is CC(=O)N(c1ccc(F)cc1)c1nc(CN(C)[C@H](C)C(C)(C)C)cs1. The molecular weight excluding hydrogens is 337 g/mol. The lowest BCUT2D eigenvalue weighted by Crippen LogP contribution is -2.38. The van der Waals surface area contributed by atoms with Gasteiger partial charge in [-0.3, -0.25) is 14.6 Å². The zero-order valence-corrected chi connectivity index (χ0v) is 16.5. The summed E-state index contributed by atoms with van der Waals surface area (Å²) in [5.41, 5.74) is 1.71. The summed E-state index contributed by atoms with van der Waals surface area (Å²) < 4.78 is 13.2. The molecular formula is C19H26FN3OS. The Morgan fingerprint density at radius 3 is 2.40 bits per heavy atom. The summed E-state index contributed by atoms with van der Waals surface area (Å²) in [6, 6.07) is 6.26. The molecule has 4 nitrogen and oxygen atoms in total. The minimum Gasteiger partial charge on any atom is -0.297 e. The third-order valence-corrected chi connectivity index (χ3v) is 5.33. The highest BCUT2D eigenvalue weighted by atomic mass is 32.1. The molecule has 0 bridgehead atoms. The van der Waals surface area contributed by atoms with Crippen molar-refractivity contribution in [3.05, 3.63) is 41.2 Å². The van der Waals surface area contributed by atoms with Crippen LogP contribution in [0.3, 0.4) is 0 Å². The van der Waals surface area contributed by atoms with Gasteiger partial charge < -0.3 is 0 Å². The van der Waals surface area contributed by atoms with Crippen molar-refractivity contribution in [2.75, 3.05) is 11.9 Å². The molecule has 1 aromatic heterocycles. The Labute approximate surface area is 153 Å². The summed E-state index contributed by atoms with van der Waals surface area (Å²) in [6.45, 7) is 11.0. The number of nitrogens with zero attached hydrogens (tertiary/aromatic N) is 3. The van der Waals surface area contributed by atoms with Crippen LogP contribution < -0.4 is 4.90 Å². The lowest BCUT2D eigenvalue weighted by Gasteiger charge is -2.35. The molecule has 6 heteroatoms. The average Bonchev–Trinajstić information content (AvgIpc) is 2.95. The van der Waals surface area contributed by atoms with Gasteiger partial charge in [0, 0.05) is 24.9 Å². The maximum absolute atomic E-state index is 13.2.